The molecule has 0 unspecified atom stereocenters. The number of carbonyl (C=O) groups is 3. The van der Waals surface area contributed by atoms with Crippen LogP contribution in [0.2, 0.25) is 0 Å². The third-order valence-electron chi connectivity index (χ3n) is 5.27. The topological polar surface area (TPSA) is 87.3 Å². The minimum Gasteiger partial charge on any atom is -0.349 e. The van der Waals surface area contributed by atoms with Crippen molar-refractivity contribution in [3.8, 4) is 0 Å². The smallest absolute Gasteiger partial charge is 0.279 e. The van der Waals surface area contributed by atoms with Crippen molar-refractivity contribution in [1.29, 1.82) is 0 Å². The Hall–Kier alpha value is -2.67. The summed E-state index contributed by atoms with van der Waals surface area (Å²) in [5.74, 6) is -0.198. The van der Waals surface area contributed by atoms with Crippen molar-refractivity contribution in [3.05, 3.63) is 57.3 Å². The summed E-state index contributed by atoms with van der Waals surface area (Å²) in [6.07, 6.45) is 4.41. The average Bonchev–Trinajstić information content (AvgIpc) is 3.15. The molecule has 3 amide bonds. The third-order valence-corrected chi connectivity index (χ3v) is 6.51. The van der Waals surface area contributed by atoms with Gasteiger partial charge in [-0.15, -0.1) is 11.3 Å². The maximum atomic E-state index is 12.5. The normalized spacial score (nSPS) is 16.4. The van der Waals surface area contributed by atoms with E-state index in [2.05, 4.69) is 23.1 Å². The summed E-state index contributed by atoms with van der Waals surface area (Å²) in [5.41, 5.74) is 7.07. The number of hydrogen-bond acceptors (Lipinski definition) is 4. The van der Waals surface area contributed by atoms with Crippen molar-refractivity contribution < 1.29 is 14.4 Å². The summed E-state index contributed by atoms with van der Waals surface area (Å²) < 4.78 is 0. The van der Waals surface area contributed by atoms with Crippen LogP contribution in [0.5, 0.6) is 0 Å². The second kappa shape index (κ2) is 9.69. The number of nitrogens with one attached hydrogen (secondary N) is 3. The molecule has 7 heteroatoms. The fourth-order valence-corrected chi connectivity index (χ4v) is 4.77. The molecule has 1 aromatic carbocycles. The lowest BCUT2D eigenvalue weighted by atomic mass is 9.87. The highest BCUT2D eigenvalue weighted by Gasteiger charge is 2.22. The predicted octanol–water partition coefficient (Wildman–Crippen LogP) is 3.29. The van der Waals surface area contributed by atoms with E-state index in [1.54, 1.807) is 0 Å². The first-order chi connectivity index (χ1) is 14.0. The number of fused-ring (bicyclic) bond motifs is 1. The van der Waals surface area contributed by atoms with Crippen LogP contribution in [0, 0.1) is 5.92 Å². The van der Waals surface area contributed by atoms with Crippen LogP contribution in [0.1, 0.15) is 64.8 Å². The van der Waals surface area contributed by atoms with Crippen molar-refractivity contribution in [3.63, 3.8) is 0 Å². The molecule has 0 fully saturated rings. The minimum atomic E-state index is -0.453. The first-order valence-corrected chi connectivity index (χ1v) is 10.8. The van der Waals surface area contributed by atoms with E-state index in [4.69, 9.17) is 0 Å². The quantitative estimate of drug-likeness (QED) is 0.635. The number of carbonyl (C=O) groups excluding carboxylic acids is 3. The standard InChI is InChI=1S/C22H27N3O3S/c1-3-15-9-10-19-17(11-15)12-20(29-19)22(28)25-24-21(27)13-18(23-14(2)26)16-7-5-4-6-8-16/h4-8,12,15,18H,3,9-11,13H2,1-2H3,(H,23,26)(H,24,27)(H,25,28)/t15-,18-/m1/s1. The largest absolute Gasteiger partial charge is 0.349 e. The van der Waals surface area contributed by atoms with Gasteiger partial charge in [-0.05, 0) is 42.4 Å². The summed E-state index contributed by atoms with van der Waals surface area (Å²) in [5, 5.41) is 2.78. The van der Waals surface area contributed by atoms with E-state index in [-0.39, 0.29) is 24.1 Å². The van der Waals surface area contributed by atoms with E-state index in [0.717, 1.165) is 24.8 Å². The molecule has 0 spiro atoms. The fourth-order valence-electron chi connectivity index (χ4n) is 3.67. The Morgan fingerprint density at radius 1 is 1.17 bits per heavy atom. The second-order valence-corrected chi connectivity index (χ2v) is 8.58. The molecule has 0 saturated heterocycles. The molecule has 2 aromatic rings. The van der Waals surface area contributed by atoms with Crippen LogP contribution in [-0.2, 0) is 22.4 Å². The van der Waals surface area contributed by atoms with Crippen LogP contribution < -0.4 is 16.2 Å². The van der Waals surface area contributed by atoms with Crippen LogP contribution in [0.15, 0.2) is 36.4 Å². The molecule has 0 aliphatic heterocycles. The highest BCUT2D eigenvalue weighted by atomic mass is 32.1. The van der Waals surface area contributed by atoms with Gasteiger partial charge in [-0.25, -0.2) is 0 Å². The lowest BCUT2D eigenvalue weighted by Crippen LogP contribution is -2.43. The molecule has 0 radical (unpaired) electrons. The van der Waals surface area contributed by atoms with Gasteiger partial charge in [0.2, 0.25) is 11.8 Å². The third kappa shape index (κ3) is 5.67. The molecule has 29 heavy (non-hydrogen) atoms. The summed E-state index contributed by atoms with van der Waals surface area (Å²) in [6, 6.07) is 10.8. The molecule has 1 aromatic heterocycles. The highest BCUT2D eigenvalue weighted by Crippen LogP contribution is 2.33. The molecule has 154 valence electrons. The van der Waals surface area contributed by atoms with Crippen LogP contribution >= 0.6 is 11.3 Å². The van der Waals surface area contributed by atoms with Crippen molar-refractivity contribution in [2.45, 2.75) is 52.0 Å². The number of rotatable bonds is 6. The zero-order valence-corrected chi connectivity index (χ0v) is 17.6. The van der Waals surface area contributed by atoms with E-state index in [9.17, 15) is 14.4 Å². The van der Waals surface area contributed by atoms with Gasteiger partial charge in [-0.1, -0.05) is 43.7 Å². The van der Waals surface area contributed by atoms with E-state index >= 15 is 0 Å². The van der Waals surface area contributed by atoms with E-state index in [0.29, 0.717) is 10.8 Å². The molecule has 2 atom stereocenters. The van der Waals surface area contributed by atoms with Crippen molar-refractivity contribution in [1.82, 2.24) is 16.2 Å². The second-order valence-electron chi connectivity index (χ2n) is 7.45. The number of hydrazine groups is 1. The van der Waals surface area contributed by atoms with Crippen LogP contribution in [-0.4, -0.2) is 17.7 Å². The average molecular weight is 414 g/mol. The SMILES string of the molecule is CC[C@@H]1CCc2sc(C(=O)NNC(=O)C[C@@H](NC(C)=O)c3ccccc3)cc2C1. The van der Waals surface area contributed by atoms with E-state index in [1.807, 2.05) is 36.4 Å². The number of aryl methyl sites for hydroxylation is 1. The van der Waals surface area contributed by atoms with Gasteiger partial charge in [0.25, 0.3) is 5.91 Å². The van der Waals surface area contributed by atoms with Gasteiger partial charge in [0.15, 0.2) is 0 Å². The van der Waals surface area contributed by atoms with Crippen LogP contribution in [0.3, 0.4) is 0 Å². The van der Waals surface area contributed by atoms with Gasteiger partial charge in [0, 0.05) is 11.8 Å². The Labute approximate surface area is 175 Å². The summed E-state index contributed by atoms with van der Waals surface area (Å²) in [6.45, 7) is 3.62. The van der Waals surface area contributed by atoms with Gasteiger partial charge in [0.1, 0.15) is 0 Å². The molecule has 1 aliphatic carbocycles. The van der Waals surface area contributed by atoms with Gasteiger partial charge in [-0.2, -0.15) is 0 Å². The van der Waals surface area contributed by atoms with Crippen LogP contribution in [0.25, 0.3) is 0 Å². The van der Waals surface area contributed by atoms with Gasteiger partial charge < -0.3 is 5.32 Å². The minimum absolute atomic E-state index is 0.0307. The molecular weight excluding hydrogens is 386 g/mol. The molecule has 1 aliphatic rings. The Bertz CT molecular complexity index is 879. The van der Waals surface area contributed by atoms with E-state index in [1.165, 1.54) is 35.1 Å². The molecule has 1 heterocycles. The van der Waals surface area contributed by atoms with Gasteiger partial charge >= 0.3 is 0 Å². The lowest BCUT2D eigenvalue weighted by molar-refractivity contribution is -0.123. The first kappa shape index (κ1) is 21.0. The monoisotopic (exact) mass is 413 g/mol. The lowest BCUT2D eigenvalue weighted by Gasteiger charge is -2.19. The maximum absolute atomic E-state index is 12.5. The maximum Gasteiger partial charge on any atom is 0.279 e. The summed E-state index contributed by atoms with van der Waals surface area (Å²) >= 11 is 1.51. The van der Waals surface area contributed by atoms with E-state index < -0.39 is 6.04 Å². The number of hydrogen-bond donors (Lipinski definition) is 3. The van der Waals surface area contributed by atoms with Gasteiger partial charge in [-0.3, -0.25) is 25.2 Å². The molecule has 6 nitrogen and oxygen atoms in total. The molecule has 0 bridgehead atoms. The Morgan fingerprint density at radius 3 is 2.62 bits per heavy atom. The zero-order valence-electron chi connectivity index (χ0n) is 16.8. The summed E-state index contributed by atoms with van der Waals surface area (Å²) in [7, 11) is 0. The van der Waals surface area contributed by atoms with Crippen molar-refractivity contribution in [2.24, 2.45) is 5.92 Å². The highest BCUT2D eigenvalue weighted by molar-refractivity contribution is 7.14. The number of thiophene rings is 1. The zero-order chi connectivity index (χ0) is 20.8. The van der Waals surface area contributed by atoms with Crippen molar-refractivity contribution >= 4 is 29.1 Å². The predicted molar refractivity (Wildman–Crippen MR) is 113 cm³/mol. The van der Waals surface area contributed by atoms with Crippen LogP contribution in [0.4, 0.5) is 0 Å². The molecule has 0 saturated carbocycles. The summed E-state index contributed by atoms with van der Waals surface area (Å²) in [4.78, 5) is 38.2. The van der Waals surface area contributed by atoms with Gasteiger partial charge in [0.05, 0.1) is 17.3 Å². The molecular formula is C22H27N3O3S. The number of benzene rings is 1. The Kier molecular flexibility index (Phi) is 7.04. The Morgan fingerprint density at radius 2 is 1.93 bits per heavy atom. The fraction of sp³-hybridized carbons (Fsp3) is 0.409. The van der Waals surface area contributed by atoms with Crippen molar-refractivity contribution in [2.75, 3.05) is 0 Å². The number of amides is 3. The molecule has 3 rings (SSSR count). The molecule has 3 N–H and O–H groups in total. The Balaban J connectivity index is 1.56. The first-order valence-electron chi connectivity index (χ1n) is 9.99.